The van der Waals surface area contributed by atoms with E-state index in [1.807, 2.05) is 0 Å². The van der Waals surface area contributed by atoms with Crippen LogP contribution in [0.15, 0.2) is 42.5 Å². The highest BCUT2D eigenvalue weighted by atomic mass is 19.2. The van der Waals surface area contributed by atoms with Crippen LogP contribution in [0.25, 0.3) is 0 Å². The molecule has 4 nitrogen and oxygen atoms in total. The van der Waals surface area contributed by atoms with Crippen molar-refractivity contribution in [2.45, 2.75) is 6.42 Å². The number of amides is 2. The van der Waals surface area contributed by atoms with E-state index in [1.165, 1.54) is 24.3 Å². The van der Waals surface area contributed by atoms with Gasteiger partial charge in [-0.25, -0.2) is 13.2 Å². The standard InChI is InChI=1S/C16H13F3N2O2/c17-12-4-2-1-3-10(12)7-15(22)20-9-16(23)21-11-5-6-13(18)14(19)8-11/h1-6,8H,7,9H2,(H,20,22)(H,21,23). The van der Waals surface area contributed by atoms with E-state index in [-0.39, 0.29) is 24.2 Å². The summed E-state index contributed by atoms with van der Waals surface area (Å²) in [5, 5.41) is 4.63. The van der Waals surface area contributed by atoms with E-state index in [0.717, 1.165) is 12.1 Å². The summed E-state index contributed by atoms with van der Waals surface area (Å²) < 4.78 is 39.1. The van der Waals surface area contributed by atoms with E-state index in [4.69, 9.17) is 0 Å². The largest absolute Gasteiger partial charge is 0.347 e. The number of benzene rings is 2. The second-order valence-corrected chi connectivity index (χ2v) is 4.72. The molecular weight excluding hydrogens is 309 g/mol. The number of hydrogen-bond acceptors (Lipinski definition) is 2. The van der Waals surface area contributed by atoms with E-state index in [1.54, 1.807) is 6.07 Å². The number of carbonyl (C=O) groups excluding carboxylic acids is 2. The van der Waals surface area contributed by atoms with Gasteiger partial charge in [0, 0.05) is 11.8 Å². The predicted octanol–water partition coefficient (Wildman–Crippen LogP) is 2.40. The molecule has 2 N–H and O–H groups in total. The van der Waals surface area contributed by atoms with Crippen molar-refractivity contribution in [3.63, 3.8) is 0 Å². The lowest BCUT2D eigenvalue weighted by atomic mass is 10.1. The number of hydrogen-bond donors (Lipinski definition) is 2. The summed E-state index contributed by atoms with van der Waals surface area (Å²) in [6.07, 6.45) is -0.203. The molecule has 0 radical (unpaired) electrons. The fourth-order valence-electron chi connectivity index (χ4n) is 1.84. The molecule has 0 bridgehead atoms. The topological polar surface area (TPSA) is 58.2 Å². The summed E-state index contributed by atoms with van der Waals surface area (Å²) in [5.74, 6) is -3.77. The Bertz CT molecular complexity index is 735. The summed E-state index contributed by atoms with van der Waals surface area (Å²) in [6, 6.07) is 8.70. The van der Waals surface area contributed by atoms with Crippen molar-refractivity contribution in [3.05, 3.63) is 65.5 Å². The third-order valence-corrected chi connectivity index (χ3v) is 2.96. The molecule has 0 fully saturated rings. The van der Waals surface area contributed by atoms with Gasteiger partial charge in [0.1, 0.15) is 5.82 Å². The fraction of sp³-hybridized carbons (Fsp3) is 0.125. The third-order valence-electron chi connectivity index (χ3n) is 2.96. The lowest BCUT2D eigenvalue weighted by Crippen LogP contribution is -2.33. The van der Waals surface area contributed by atoms with E-state index < -0.39 is 29.3 Å². The van der Waals surface area contributed by atoms with Gasteiger partial charge in [-0.3, -0.25) is 9.59 Å². The van der Waals surface area contributed by atoms with E-state index in [2.05, 4.69) is 10.6 Å². The maximum absolute atomic E-state index is 13.4. The van der Waals surface area contributed by atoms with Crippen LogP contribution in [0.3, 0.4) is 0 Å². The molecule has 2 rings (SSSR count). The van der Waals surface area contributed by atoms with Crippen molar-refractivity contribution < 1.29 is 22.8 Å². The van der Waals surface area contributed by atoms with Gasteiger partial charge in [0.05, 0.1) is 13.0 Å². The molecule has 0 saturated heterocycles. The lowest BCUT2D eigenvalue weighted by Gasteiger charge is -2.08. The van der Waals surface area contributed by atoms with Crippen molar-refractivity contribution in [1.82, 2.24) is 5.32 Å². The van der Waals surface area contributed by atoms with Gasteiger partial charge in [0.15, 0.2) is 11.6 Å². The zero-order chi connectivity index (χ0) is 16.8. The molecule has 0 spiro atoms. The SMILES string of the molecule is O=C(Cc1ccccc1F)NCC(=O)Nc1ccc(F)c(F)c1. The number of halogens is 3. The maximum Gasteiger partial charge on any atom is 0.243 e. The molecule has 0 saturated carbocycles. The van der Waals surface area contributed by atoms with Crippen molar-refractivity contribution >= 4 is 17.5 Å². The Morgan fingerprint density at radius 2 is 1.61 bits per heavy atom. The molecule has 0 unspecified atom stereocenters. The minimum Gasteiger partial charge on any atom is -0.347 e. The van der Waals surface area contributed by atoms with E-state index >= 15 is 0 Å². The zero-order valence-corrected chi connectivity index (χ0v) is 11.9. The first-order valence-electron chi connectivity index (χ1n) is 6.70. The van der Waals surface area contributed by atoms with Crippen molar-refractivity contribution in [1.29, 1.82) is 0 Å². The Labute approximate surface area is 130 Å². The summed E-state index contributed by atoms with van der Waals surface area (Å²) in [6.45, 7) is -0.369. The van der Waals surface area contributed by atoms with Gasteiger partial charge in [-0.15, -0.1) is 0 Å². The molecule has 120 valence electrons. The molecule has 0 heterocycles. The van der Waals surface area contributed by atoms with Crippen LogP contribution < -0.4 is 10.6 Å². The Kier molecular flexibility index (Phi) is 5.35. The maximum atomic E-state index is 13.4. The van der Waals surface area contributed by atoms with Gasteiger partial charge in [-0.05, 0) is 23.8 Å². The fourth-order valence-corrected chi connectivity index (χ4v) is 1.84. The number of nitrogens with one attached hydrogen (secondary N) is 2. The smallest absolute Gasteiger partial charge is 0.243 e. The van der Waals surface area contributed by atoms with E-state index in [0.29, 0.717) is 0 Å². The molecule has 0 aliphatic heterocycles. The first-order valence-corrected chi connectivity index (χ1v) is 6.70. The van der Waals surface area contributed by atoms with Gasteiger partial charge in [-0.2, -0.15) is 0 Å². The van der Waals surface area contributed by atoms with Gasteiger partial charge >= 0.3 is 0 Å². The molecule has 2 aromatic rings. The third kappa shape index (κ3) is 4.84. The summed E-state index contributed by atoms with van der Waals surface area (Å²) >= 11 is 0. The van der Waals surface area contributed by atoms with Crippen LogP contribution >= 0.6 is 0 Å². The van der Waals surface area contributed by atoms with Crippen LogP contribution in [-0.2, 0) is 16.0 Å². The second kappa shape index (κ2) is 7.44. The summed E-state index contributed by atoms with van der Waals surface area (Å²) in [4.78, 5) is 23.3. The highest BCUT2D eigenvalue weighted by Gasteiger charge is 2.10. The molecule has 2 aromatic carbocycles. The number of carbonyl (C=O) groups is 2. The minimum atomic E-state index is -1.09. The van der Waals surface area contributed by atoms with Crippen LogP contribution in [0.4, 0.5) is 18.9 Å². The Hall–Kier alpha value is -2.83. The first-order chi connectivity index (χ1) is 11.0. The van der Waals surface area contributed by atoms with Crippen LogP contribution in [0.5, 0.6) is 0 Å². The highest BCUT2D eigenvalue weighted by Crippen LogP contribution is 2.12. The van der Waals surface area contributed by atoms with Gasteiger partial charge in [-0.1, -0.05) is 18.2 Å². The molecular formula is C16H13F3N2O2. The number of rotatable bonds is 5. The minimum absolute atomic E-state index is 0.0669. The molecule has 23 heavy (non-hydrogen) atoms. The monoisotopic (exact) mass is 322 g/mol. The summed E-state index contributed by atoms with van der Waals surface area (Å²) in [7, 11) is 0. The molecule has 2 amide bonds. The van der Waals surface area contributed by atoms with Crippen LogP contribution in [0, 0.1) is 17.5 Å². The number of anilines is 1. The normalized spacial score (nSPS) is 10.2. The van der Waals surface area contributed by atoms with E-state index in [9.17, 15) is 22.8 Å². The second-order valence-electron chi connectivity index (χ2n) is 4.72. The van der Waals surface area contributed by atoms with Crippen LogP contribution in [0.1, 0.15) is 5.56 Å². The quantitative estimate of drug-likeness (QED) is 0.888. The average Bonchev–Trinajstić information content (AvgIpc) is 2.51. The summed E-state index contributed by atoms with van der Waals surface area (Å²) in [5.41, 5.74) is 0.281. The lowest BCUT2D eigenvalue weighted by molar-refractivity contribution is -0.123. The Balaban J connectivity index is 1.83. The van der Waals surface area contributed by atoms with Crippen molar-refractivity contribution in [2.24, 2.45) is 0 Å². The predicted molar refractivity (Wildman–Crippen MR) is 78.1 cm³/mol. The van der Waals surface area contributed by atoms with Crippen LogP contribution in [-0.4, -0.2) is 18.4 Å². The molecule has 0 aromatic heterocycles. The molecule has 0 atom stereocenters. The Morgan fingerprint density at radius 3 is 2.30 bits per heavy atom. The van der Waals surface area contributed by atoms with Crippen molar-refractivity contribution in [2.75, 3.05) is 11.9 Å². The Morgan fingerprint density at radius 1 is 0.870 bits per heavy atom. The molecule has 0 aliphatic rings. The van der Waals surface area contributed by atoms with Gasteiger partial charge in [0.2, 0.25) is 11.8 Å². The molecule has 0 aliphatic carbocycles. The highest BCUT2D eigenvalue weighted by molar-refractivity contribution is 5.94. The van der Waals surface area contributed by atoms with Crippen molar-refractivity contribution in [3.8, 4) is 0 Å². The van der Waals surface area contributed by atoms with Gasteiger partial charge in [0.25, 0.3) is 0 Å². The zero-order valence-electron chi connectivity index (χ0n) is 11.9. The van der Waals surface area contributed by atoms with Crippen LogP contribution in [0.2, 0.25) is 0 Å². The van der Waals surface area contributed by atoms with Gasteiger partial charge < -0.3 is 10.6 Å². The first kappa shape index (κ1) is 16.5. The average molecular weight is 322 g/mol. The molecule has 7 heteroatoms.